The van der Waals surface area contributed by atoms with Crippen LogP contribution in [0.1, 0.15) is 37.8 Å². The maximum Gasteiger partial charge on any atom is -1.00 e. The monoisotopic (exact) mass is 564 g/mol. The van der Waals surface area contributed by atoms with Crippen LogP contribution >= 0.6 is 0 Å². The maximum atomic E-state index is 13.4. The summed E-state index contributed by atoms with van der Waals surface area (Å²) in [6.45, 7) is 9.49. The molecule has 2 aromatic carbocycles. The molecular weight excluding hydrogens is 540 g/mol. The normalized spacial score (nSPS) is 14.9. The average molecular weight is 567 g/mol. The minimum Gasteiger partial charge on any atom is -1.00 e. The van der Waals surface area contributed by atoms with Gasteiger partial charge in [0.2, 0.25) is 0 Å². The maximum absolute atomic E-state index is 13.4. The fourth-order valence-electron chi connectivity index (χ4n) is 4.64. The van der Waals surface area contributed by atoms with Crippen molar-refractivity contribution in [1.82, 2.24) is 0 Å². The van der Waals surface area contributed by atoms with Gasteiger partial charge in [-0.05, 0) is 0 Å². The summed E-state index contributed by atoms with van der Waals surface area (Å²) in [6, 6.07) is 13.8. The van der Waals surface area contributed by atoms with Crippen LogP contribution in [0.5, 0.6) is 0 Å². The van der Waals surface area contributed by atoms with Gasteiger partial charge in [-0.15, -0.1) is 0 Å². The average Bonchev–Trinajstić information content (AvgIpc) is 3.27. The molecule has 4 rings (SSSR count). The van der Waals surface area contributed by atoms with Crippen molar-refractivity contribution >= 4 is 16.6 Å². The van der Waals surface area contributed by atoms with E-state index in [1.54, 1.807) is 30.8 Å². The van der Waals surface area contributed by atoms with Crippen LogP contribution in [0.3, 0.4) is 0 Å². The number of benzene rings is 2. The zero-order valence-electron chi connectivity index (χ0n) is 18.7. The number of halogens is 4. The predicted octanol–water partition coefficient (Wildman–Crippen LogP) is 1.66. The van der Waals surface area contributed by atoms with E-state index in [-0.39, 0.29) is 36.4 Å². The molecule has 0 aliphatic heterocycles. The minimum absolute atomic E-state index is 0. The molecule has 0 atom stereocenters. The second-order valence-corrected chi connectivity index (χ2v) is 25.4. The van der Waals surface area contributed by atoms with Gasteiger partial charge in [0.15, 0.2) is 0 Å². The van der Waals surface area contributed by atoms with Crippen LogP contribution < -0.4 is 24.8 Å². The Balaban J connectivity index is 0.00000181. The first kappa shape index (κ1) is 27.2. The van der Waals surface area contributed by atoms with E-state index in [9.17, 15) is 8.78 Å². The summed E-state index contributed by atoms with van der Waals surface area (Å²) in [4.78, 5) is 0. The quantitative estimate of drug-likeness (QED) is 0.495. The smallest absolute Gasteiger partial charge is 1.00 e. The summed E-state index contributed by atoms with van der Waals surface area (Å²) in [7, 11) is 0. The molecule has 0 amide bonds. The van der Waals surface area contributed by atoms with Gasteiger partial charge in [-0.1, -0.05) is 0 Å². The summed E-state index contributed by atoms with van der Waals surface area (Å²) >= 11 is -1.98. The van der Waals surface area contributed by atoms with Gasteiger partial charge in [0, 0.05) is 0 Å². The molecule has 2 aliphatic rings. The molecule has 2 aromatic rings. The Morgan fingerprint density at radius 2 is 1.00 bits per heavy atom. The number of hydrogen-bond acceptors (Lipinski definition) is 0. The first-order valence-electron chi connectivity index (χ1n) is 10.4. The zero-order valence-corrected chi connectivity index (χ0v) is 23.7. The Kier molecular flexibility index (Phi) is 9.67. The SMILES string of the molecule is CC1=[C]([Zr+2]([C]2=C(C)C(c3ccc(F)cc3)=CC2)=[Si](C)C)CC=C1c1ccc(F)cc1.[Cl-].[Cl-]. The first-order chi connectivity index (χ1) is 14.4. The van der Waals surface area contributed by atoms with Crippen molar-refractivity contribution in [3.63, 3.8) is 0 Å². The molecule has 0 radical (unpaired) electrons. The third-order valence-corrected chi connectivity index (χ3v) is 23.9. The van der Waals surface area contributed by atoms with Crippen molar-refractivity contribution in [2.75, 3.05) is 0 Å². The standard InChI is InChI=1S/2C12H10F.C2H6Si.2ClH.Zr/c2*1-9-3-2-4-12(9)10-5-7-11(13)8-6-10;1-3-2;;;/h2*4-8H,2H2,1H3;1-2H3;2*1H;/q;;;;;+2/p-2. The molecule has 166 valence electrons. The van der Waals surface area contributed by atoms with Crippen molar-refractivity contribution < 1.29 is 54.0 Å². The fraction of sp³-hybridized carbons (Fsp3) is 0.231. The molecule has 32 heavy (non-hydrogen) atoms. The Bertz CT molecular complexity index is 1080. The van der Waals surface area contributed by atoms with E-state index in [1.165, 1.54) is 22.3 Å². The van der Waals surface area contributed by atoms with Crippen LogP contribution in [0.15, 0.2) is 78.4 Å². The molecule has 2 aliphatic carbocycles. The molecule has 0 spiro atoms. The van der Waals surface area contributed by atoms with Crippen LogP contribution in [0, 0.1) is 11.6 Å². The van der Waals surface area contributed by atoms with Gasteiger partial charge in [0.25, 0.3) is 0 Å². The molecule has 0 aromatic heterocycles. The molecule has 0 unspecified atom stereocenters. The third kappa shape index (κ3) is 5.36. The summed E-state index contributed by atoms with van der Waals surface area (Å²) in [5, 5.41) is 0. The molecule has 0 nitrogen and oxygen atoms in total. The van der Waals surface area contributed by atoms with E-state index in [2.05, 4.69) is 39.1 Å². The molecule has 0 saturated heterocycles. The first-order valence-corrected chi connectivity index (χ1v) is 19.0. The molecule has 0 saturated carbocycles. The van der Waals surface area contributed by atoms with Gasteiger partial charge in [-0.3, -0.25) is 0 Å². The van der Waals surface area contributed by atoms with Crippen molar-refractivity contribution in [2.24, 2.45) is 0 Å². The summed E-state index contributed by atoms with van der Waals surface area (Å²) < 4.78 is 30.2. The van der Waals surface area contributed by atoms with Crippen LogP contribution in [0.2, 0.25) is 13.1 Å². The number of rotatable bonds is 4. The topological polar surface area (TPSA) is 0 Å². The summed E-state index contributed by atoms with van der Waals surface area (Å²) in [6.07, 6.45) is 6.79. The van der Waals surface area contributed by atoms with Gasteiger partial charge in [-0.2, -0.15) is 0 Å². The van der Waals surface area contributed by atoms with E-state index >= 15 is 0 Å². The molecular formula is C26H26Cl2F2SiZr. The molecule has 6 heteroatoms. The Labute approximate surface area is 210 Å². The van der Waals surface area contributed by atoms with Gasteiger partial charge < -0.3 is 24.8 Å². The van der Waals surface area contributed by atoms with E-state index in [4.69, 9.17) is 0 Å². The van der Waals surface area contributed by atoms with Crippen LogP contribution in [0.25, 0.3) is 11.1 Å². The van der Waals surface area contributed by atoms with Gasteiger partial charge in [0.05, 0.1) is 0 Å². The van der Waals surface area contributed by atoms with Crippen molar-refractivity contribution in [1.29, 1.82) is 0 Å². The van der Waals surface area contributed by atoms with Gasteiger partial charge in [0.1, 0.15) is 0 Å². The van der Waals surface area contributed by atoms with Crippen LogP contribution in [-0.4, -0.2) is 5.43 Å². The second-order valence-electron chi connectivity index (χ2n) is 8.24. The van der Waals surface area contributed by atoms with Gasteiger partial charge in [-0.25, -0.2) is 0 Å². The summed E-state index contributed by atoms with van der Waals surface area (Å²) in [5.41, 5.74) is 7.24. The largest absolute Gasteiger partial charge is 1.00 e. The summed E-state index contributed by atoms with van der Waals surface area (Å²) in [5.74, 6) is -0.372. The van der Waals surface area contributed by atoms with Gasteiger partial charge >= 0.3 is 187 Å². The molecule has 0 N–H and O–H groups in total. The van der Waals surface area contributed by atoms with Crippen molar-refractivity contribution in [2.45, 2.75) is 39.8 Å². The second kappa shape index (κ2) is 11.4. The van der Waals surface area contributed by atoms with E-state index in [1.807, 2.05) is 24.3 Å². The van der Waals surface area contributed by atoms with E-state index < -0.39 is 25.8 Å². The Hall–Kier alpha value is -1.06. The van der Waals surface area contributed by atoms with E-state index in [0.717, 1.165) is 24.0 Å². The third-order valence-electron chi connectivity index (χ3n) is 6.15. The number of allylic oxidation sites excluding steroid dienone is 8. The zero-order chi connectivity index (χ0) is 21.4. The molecule has 0 fully saturated rings. The molecule has 0 heterocycles. The van der Waals surface area contributed by atoms with E-state index in [0.29, 0.717) is 0 Å². The predicted molar refractivity (Wildman–Crippen MR) is 121 cm³/mol. The Morgan fingerprint density at radius 3 is 1.31 bits per heavy atom. The number of hydrogen-bond donors (Lipinski definition) is 0. The van der Waals surface area contributed by atoms with Crippen LogP contribution in [0.4, 0.5) is 8.78 Å². The van der Waals surface area contributed by atoms with Crippen molar-refractivity contribution in [3.05, 3.63) is 101 Å². The minimum atomic E-state index is -1.98. The van der Waals surface area contributed by atoms with Crippen LogP contribution in [-0.2, 0) is 20.4 Å². The Morgan fingerprint density at radius 1 is 0.656 bits per heavy atom. The van der Waals surface area contributed by atoms with Crippen molar-refractivity contribution in [3.8, 4) is 0 Å². The molecule has 0 bridgehead atoms. The fourth-order valence-corrected chi connectivity index (χ4v) is 23.1.